The molecule has 0 nitrogen and oxygen atoms in total. The van der Waals surface area contributed by atoms with E-state index in [4.69, 9.17) is 11.6 Å². The van der Waals surface area contributed by atoms with Gasteiger partial charge in [-0.1, -0.05) is 24.3 Å². The van der Waals surface area contributed by atoms with Crippen molar-refractivity contribution in [3.8, 4) is 0 Å². The smallest absolute Gasteiger partial charge is 0.0619 e. The van der Waals surface area contributed by atoms with Crippen LogP contribution in [-0.2, 0) is 12.8 Å². The van der Waals surface area contributed by atoms with Gasteiger partial charge in [-0.05, 0) is 58.7 Å². The summed E-state index contributed by atoms with van der Waals surface area (Å²) in [5.74, 6) is 0.606. The van der Waals surface area contributed by atoms with Gasteiger partial charge in [0.1, 0.15) is 0 Å². The van der Waals surface area contributed by atoms with E-state index in [2.05, 4.69) is 41.1 Å². The van der Waals surface area contributed by atoms with Gasteiger partial charge in [-0.15, -0.1) is 11.6 Å². The van der Waals surface area contributed by atoms with Gasteiger partial charge in [0.25, 0.3) is 0 Å². The van der Waals surface area contributed by atoms with Crippen LogP contribution in [0.2, 0.25) is 0 Å². The second-order valence-electron chi connectivity index (χ2n) is 4.74. The molecule has 0 radical (unpaired) electrons. The summed E-state index contributed by atoms with van der Waals surface area (Å²) in [5.41, 5.74) is 4.25. The molecule has 2 atom stereocenters. The second-order valence-corrected chi connectivity index (χ2v) is 5.99. The number of hydrogen-bond donors (Lipinski definition) is 0. The van der Waals surface area contributed by atoms with Crippen molar-refractivity contribution in [1.29, 1.82) is 0 Å². The molecule has 3 rings (SSSR count). The third-order valence-electron chi connectivity index (χ3n) is 3.63. The zero-order valence-corrected chi connectivity index (χ0v) is 11.2. The van der Waals surface area contributed by atoms with Crippen LogP contribution in [0.25, 0.3) is 0 Å². The molecule has 2 heteroatoms. The van der Waals surface area contributed by atoms with E-state index in [0.29, 0.717) is 5.92 Å². The Bertz CT molecular complexity index is 489. The van der Waals surface area contributed by atoms with Crippen molar-refractivity contribution >= 4 is 22.9 Å². The van der Waals surface area contributed by atoms with E-state index in [1.54, 1.807) is 11.3 Å². The monoisotopic (exact) mass is 262 g/mol. The molecule has 0 spiro atoms. The minimum Gasteiger partial charge on any atom is -0.152 e. The number of thiophene rings is 1. The molecule has 1 aliphatic rings. The number of alkyl halides is 1. The maximum absolute atomic E-state index is 6.55. The van der Waals surface area contributed by atoms with Gasteiger partial charge in [0.15, 0.2) is 0 Å². The van der Waals surface area contributed by atoms with Crippen LogP contribution < -0.4 is 0 Å². The minimum absolute atomic E-state index is 0.213. The fourth-order valence-electron chi connectivity index (χ4n) is 2.66. The van der Waals surface area contributed by atoms with Crippen molar-refractivity contribution in [3.05, 3.63) is 57.8 Å². The maximum Gasteiger partial charge on any atom is 0.0619 e. The molecule has 1 aromatic carbocycles. The number of aryl methyl sites for hydroxylation is 1. The summed E-state index contributed by atoms with van der Waals surface area (Å²) in [6.07, 6.45) is 3.50. The van der Waals surface area contributed by atoms with E-state index in [1.165, 1.54) is 23.1 Å². The Labute approximate surface area is 111 Å². The summed E-state index contributed by atoms with van der Waals surface area (Å²) >= 11 is 8.33. The Morgan fingerprint density at radius 1 is 1.24 bits per heavy atom. The predicted molar refractivity (Wildman–Crippen MR) is 74.9 cm³/mol. The Kier molecular flexibility index (Phi) is 3.21. The van der Waals surface area contributed by atoms with Gasteiger partial charge in [-0.3, -0.25) is 0 Å². The van der Waals surface area contributed by atoms with Crippen LogP contribution in [0.1, 0.15) is 28.5 Å². The number of benzene rings is 1. The molecule has 0 saturated carbocycles. The Morgan fingerprint density at radius 2 is 2.12 bits per heavy atom. The molecule has 0 bridgehead atoms. The van der Waals surface area contributed by atoms with E-state index in [0.717, 1.165) is 12.8 Å². The van der Waals surface area contributed by atoms with E-state index < -0.39 is 0 Å². The third-order valence-corrected chi connectivity index (χ3v) is 4.96. The summed E-state index contributed by atoms with van der Waals surface area (Å²) in [6, 6.07) is 10.8. The van der Waals surface area contributed by atoms with Crippen molar-refractivity contribution in [2.24, 2.45) is 5.92 Å². The van der Waals surface area contributed by atoms with Gasteiger partial charge >= 0.3 is 0 Å². The summed E-state index contributed by atoms with van der Waals surface area (Å²) < 4.78 is 0. The highest BCUT2D eigenvalue weighted by atomic mass is 35.5. The zero-order chi connectivity index (χ0) is 11.7. The number of halogens is 1. The fraction of sp³-hybridized carbons (Fsp3) is 0.333. The van der Waals surface area contributed by atoms with Crippen LogP contribution in [0.5, 0.6) is 0 Å². The van der Waals surface area contributed by atoms with E-state index in [9.17, 15) is 0 Å². The number of rotatable bonds is 3. The van der Waals surface area contributed by atoms with Gasteiger partial charge in [-0.25, -0.2) is 0 Å². The van der Waals surface area contributed by atoms with Gasteiger partial charge in [0.2, 0.25) is 0 Å². The zero-order valence-electron chi connectivity index (χ0n) is 9.60. The molecule has 0 aliphatic heterocycles. The van der Waals surface area contributed by atoms with E-state index in [-0.39, 0.29) is 5.38 Å². The molecule has 0 N–H and O–H groups in total. The lowest BCUT2D eigenvalue weighted by Crippen LogP contribution is -2.04. The highest BCUT2D eigenvalue weighted by Gasteiger charge is 2.29. The fourth-order valence-corrected chi connectivity index (χ4v) is 3.80. The maximum atomic E-state index is 6.55. The molecule has 0 amide bonds. The van der Waals surface area contributed by atoms with Crippen molar-refractivity contribution in [3.63, 3.8) is 0 Å². The van der Waals surface area contributed by atoms with Gasteiger partial charge in [0.05, 0.1) is 5.38 Å². The van der Waals surface area contributed by atoms with Gasteiger partial charge < -0.3 is 0 Å². The largest absolute Gasteiger partial charge is 0.152 e. The lowest BCUT2D eigenvalue weighted by molar-refractivity contribution is 0.501. The first-order chi connectivity index (χ1) is 8.34. The summed E-state index contributed by atoms with van der Waals surface area (Å²) in [4.78, 5) is 0. The first-order valence-corrected chi connectivity index (χ1v) is 7.45. The Balaban J connectivity index is 1.68. The van der Waals surface area contributed by atoms with Crippen LogP contribution in [0, 0.1) is 5.92 Å². The Hall–Kier alpha value is -0.790. The van der Waals surface area contributed by atoms with Crippen molar-refractivity contribution in [2.75, 3.05) is 0 Å². The molecule has 17 heavy (non-hydrogen) atoms. The van der Waals surface area contributed by atoms with Gasteiger partial charge in [0, 0.05) is 0 Å². The third kappa shape index (κ3) is 2.27. The highest BCUT2D eigenvalue weighted by Crippen LogP contribution is 2.42. The molecule has 1 heterocycles. The first kappa shape index (κ1) is 11.3. The van der Waals surface area contributed by atoms with Crippen molar-refractivity contribution in [1.82, 2.24) is 0 Å². The van der Waals surface area contributed by atoms with E-state index >= 15 is 0 Å². The average Bonchev–Trinajstić information content (AvgIpc) is 2.96. The molecule has 1 aromatic heterocycles. The minimum atomic E-state index is 0.213. The quantitative estimate of drug-likeness (QED) is 0.695. The molecule has 2 unspecified atom stereocenters. The molecule has 0 fully saturated rings. The topological polar surface area (TPSA) is 0 Å². The molecular formula is C15H15ClS. The standard InChI is InChI=1S/C15H15ClS/c16-15-13(6-5-11-7-8-17-10-11)9-12-3-1-2-4-14(12)15/h1-4,7-8,10,13,15H,5-6,9H2. The van der Waals surface area contributed by atoms with Crippen LogP contribution in [0.4, 0.5) is 0 Å². The normalized spacial score (nSPS) is 22.6. The lowest BCUT2D eigenvalue weighted by atomic mass is 9.98. The SMILES string of the molecule is ClC1c2ccccc2CC1CCc1ccsc1. The summed E-state index contributed by atoms with van der Waals surface area (Å²) in [5, 5.41) is 4.60. The van der Waals surface area contributed by atoms with Crippen LogP contribution in [0.3, 0.4) is 0 Å². The molecular weight excluding hydrogens is 248 g/mol. The number of fused-ring (bicyclic) bond motifs is 1. The van der Waals surface area contributed by atoms with Crippen LogP contribution in [-0.4, -0.2) is 0 Å². The summed E-state index contributed by atoms with van der Waals surface area (Å²) in [6.45, 7) is 0. The van der Waals surface area contributed by atoms with Crippen LogP contribution >= 0.6 is 22.9 Å². The van der Waals surface area contributed by atoms with Crippen LogP contribution in [0.15, 0.2) is 41.1 Å². The second kappa shape index (κ2) is 4.83. The number of hydrogen-bond acceptors (Lipinski definition) is 1. The first-order valence-electron chi connectivity index (χ1n) is 6.07. The predicted octanol–water partition coefficient (Wildman–Crippen LogP) is 4.83. The molecule has 1 aliphatic carbocycles. The average molecular weight is 263 g/mol. The lowest BCUT2D eigenvalue weighted by Gasteiger charge is -2.13. The van der Waals surface area contributed by atoms with Gasteiger partial charge in [-0.2, -0.15) is 11.3 Å². The van der Waals surface area contributed by atoms with Crippen molar-refractivity contribution < 1.29 is 0 Å². The summed E-state index contributed by atoms with van der Waals surface area (Å²) in [7, 11) is 0. The van der Waals surface area contributed by atoms with Crippen molar-refractivity contribution in [2.45, 2.75) is 24.6 Å². The molecule has 88 valence electrons. The van der Waals surface area contributed by atoms with E-state index in [1.807, 2.05) is 0 Å². The highest BCUT2D eigenvalue weighted by molar-refractivity contribution is 7.07. The molecule has 0 saturated heterocycles. The molecule has 2 aromatic rings. The Morgan fingerprint density at radius 3 is 2.88 bits per heavy atom.